The minimum absolute atomic E-state index is 0.0733. The summed E-state index contributed by atoms with van der Waals surface area (Å²) >= 11 is 0. The smallest absolute Gasteiger partial charge is 0.288 e. The van der Waals surface area contributed by atoms with Gasteiger partial charge < -0.3 is 9.88 Å². The summed E-state index contributed by atoms with van der Waals surface area (Å²) in [5.41, 5.74) is 2.14. The number of halogens is 1. The molecule has 3 aromatic rings. The fourth-order valence-corrected chi connectivity index (χ4v) is 3.20. The Balaban J connectivity index is 1.58. The number of hydrogen-bond donors (Lipinski definition) is 1. The number of ketones is 2. The summed E-state index contributed by atoms with van der Waals surface area (Å²) in [5.74, 6) is -2.09. The van der Waals surface area contributed by atoms with Crippen LogP contribution in [0.15, 0.2) is 54.7 Å². The van der Waals surface area contributed by atoms with Crippen LogP contribution in [-0.2, 0) is 16.1 Å². The average Bonchev–Trinajstić information content (AvgIpc) is 3.43. The van der Waals surface area contributed by atoms with Gasteiger partial charge in [0.1, 0.15) is 5.82 Å². The Bertz CT molecular complexity index is 1070. The van der Waals surface area contributed by atoms with Crippen molar-refractivity contribution in [1.82, 2.24) is 9.88 Å². The van der Waals surface area contributed by atoms with Crippen molar-refractivity contribution in [2.24, 2.45) is 0 Å². The lowest BCUT2D eigenvalue weighted by Gasteiger charge is -2.05. The predicted molar refractivity (Wildman–Crippen MR) is 103 cm³/mol. The van der Waals surface area contributed by atoms with E-state index < -0.39 is 18.1 Å². The van der Waals surface area contributed by atoms with Gasteiger partial charge in [0.15, 0.2) is 5.78 Å². The minimum Gasteiger partial charge on any atom is -0.347 e. The summed E-state index contributed by atoms with van der Waals surface area (Å²) in [7, 11) is 0. The first-order valence-corrected chi connectivity index (χ1v) is 9.20. The topological polar surface area (TPSA) is 68.2 Å². The van der Waals surface area contributed by atoms with Gasteiger partial charge in [0.25, 0.3) is 5.91 Å². The number of Topliss-reactive ketones (excluding diaryl/α,β-unsaturated/α-hetero) is 2. The molecule has 0 bridgehead atoms. The fraction of sp³-hybridized carbons (Fsp3) is 0.227. The van der Waals surface area contributed by atoms with Gasteiger partial charge in [-0.05, 0) is 36.6 Å². The van der Waals surface area contributed by atoms with E-state index in [1.165, 1.54) is 12.1 Å². The first kappa shape index (κ1) is 18.1. The fourth-order valence-electron chi connectivity index (χ4n) is 3.20. The van der Waals surface area contributed by atoms with Gasteiger partial charge in [-0.1, -0.05) is 30.3 Å². The molecule has 1 amide bonds. The SMILES string of the molecule is O=C(CC(=O)c1cn(Cc2ccc(F)cc2)c2ccccc12)C(=O)NC1CC1. The van der Waals surface area contributed by atoms with Crippen molar-refractivity contribution in [2.45, 2.75) is 31.8 Å². The van der Waals surface area contributed by atoms with Crippen LogP contribution in [0.1, 0.15) is 35.2 Å². The molecule has 1 aliphatic rings. The third-order valence-corrected chi connectivity index (χ3v) is 4.84. The highest BCUT2D eigenvalue weighted by Crippen LogP contribution is 2.24. The molecule has 0 unspecified atom stereocenters. The van der Waals surface area contributed by atoms with Crippen LogP contribution < -0.4 is 5.32 Å². The molecule has 1 fully saturated rings. The molecule has 6 heteroatoms. The normalized spacial score (nSPS) is 13.5. The molecule has 0 atom stereocenters. The van der Waals surface area contributed by atoms with Gasteiger partial charge in [-0.3, -0.25) is 14.4 Å². The van der Waals surface area contributed by atoms with E-state index in [9.17, 15) is 18.8 Å². The third-order valence-electron chi connectivity index (χ3n) is 4.84. The Morgan fingerprint density at radius 2 is 1.75 bits per heavy atom. The molecule has 0 radical (unpaired) electrons. The second-order valence-corrected chi connectivity index (χ2v) is 7.09. The number of amides is 1. The van der Waals surface area contributed by atoms with Gasteiger partial charge >= 0.3 is 0 Å². The van der Waals surface area contributed by atoms with Gasteiger partial charge in [0, 0.05) is 35.2 Å². The lowest BCUT2D eigenvalue weighted by molar-refractivity contribution is -0.137. The maximum Gasteiger partial charge on any atom is 0.288 e. The molecule has 28 heavy (non-hydrogen) atoms. The second-order valence-electron chi connectivity index (χ2n) is 7.09. The number of para-hydroxylation sites is 1. The van der Waals surface area contributed by atoms with E-state index in [1.807, 2.05) is 28.8 Å². The zero-order chi connectivity index (χ0) is 19.7. The van der Waals surface area contributed by atoms with Crippen LogP contribution >= 0.6 is 0 Å². The Labute approximate surface area is 161 Å². The van der Waals surface area contributed by atoms with Crippen molar-refractivity contribution in [3.8, 4) is 0 Å². The van der Waals surface area contributed by atoms with Gasteiger partial charge in [-0.15, -0.1) is 0 Å². The van der Waals surface area contributed by atoms with E-state index >= 15 is 0 Å². The molecule has 1 saturated carbocycles. The number of nitrogens with one attached hydrogen (secondary N) is 1. The molecule has 0 saturated heterocycles. The minimum atomic E-state index is -0.715. The summed E-state index contributed by atoms with van der Waals surface area (Å²) in [6.07, 6.45) is 3.00. The van der Waals surface area contributed by atoms with Crippen LogP contribution in [0.2, 0.25) is 0 Å². The van der Waals surface area contributed by atoms with Gasteiger partial charge in [0.2, 0.25) is 5.78 Å². The molecule has 1 aromatic heterocycles. The Morgan fingerprint density at radius 3 is 2.46 bits per heavy atom. The van der Waals surface area contributed by atoms with Crippen LogP contribution in [0.25, 0.3) is 10.9 Å². The molecule has 4 rings (SSSR count). The van der Waals surface area contributed by atoms with Crippen molar-refractivity contribution in [2.75, 3.05) is 0 Å². The largest absolute Gasteiger partial charge is 0.347 e. The Hall–Kier alpha value is -3.28. The van der Waals surface area contributed by atoms with Gasteiger partial charge in [0.05, 0.1) is 6.42 Å². The highest BCUT2D eigenvalue weighted by molar-refractivity contribution is 6.40. The number of benzene rings is 2. The second kappa shape index (κ2) is 7.38. The molecule has 0 aliphatic heterocycles. The quantitative estimate of drug-likeness (QED) is 0.390. The molecular weight excluding hydrogens is 359 g/mol. The molecule has 2 aromatic carbocycles. The molecule has 1 heterocycles. The molecule has 0 spiro atoms. The molecular formula is C22H19FN2O3. The first-order valence-electron chi connectivity index (χ1n) is 9.20. The summed E-state index contributed by atoms with van der Waals surface area (Å²) in [6.45, 7) is 0.462. The van der Waals surface area contributed by atoms with E-state index in [1.54, 1.807) is 18.3 Å². The number of carbonyl (C=O) groups is 3. The van der Waals surface area contributed by atoms with Crippen LogP contribution in [-0.4, -0.2) is 28.1 Å². The van der Waals surface area contributed by atoms with Gasteiger partial charge in [-0.25, -0.2) is 4.39 Å². The number of fused-ring (bicyclic) bond motifs is 1. The summed E-state index contributed by atoms with van der Waals surface area (Å²) in [5, 5.41) is 3.34. The highest BCUT2D eigenvalue weighted by Gasteiger charge is 2.28. The van der Waals surface area contributed by atoms with Crippen molar-refractivity contribution in [3.63, 3.8) is 0 Å². The van der Waals surface area contributed by atoms with Crippen molar-refractivity contribution in [1.29, 1.82) is 0 Å². The van der Waals surface area contributed by atoms with Crippen molar-refractivity contribution >= 4 is 28.4 Å². The average molecular weight is 378 g/mol. The van der Waals surface area contributed by atoms with Crippen LogP contribution in [0.3, 0.4) is 0 Å². The van der Waals surface area contributed by atoms with Crippen LogP contribution in [0.5, 0.6) is 0 Å². The van der Waals surface area contributed by atoms with E-state index in [0.29, 0.717) is 12.1 Å². The van der Waals surface area contributed by atoms with E-state index in [2.05, 4.69) is 5.32 Å². The highest BCUT2D eigenvalue weighted by atomic mass is 19.1. The zero-order valence-corrected chi connectivity index (χ0v) is 15.2. The molecule has 1 aliphatic carbocycles. The maximum absolute atomic E-state index is 13.1. The Morgan fingerprint density at radius 1 is 1.04 bits per heavy atom. The van der Waals surface area contributed by atoms with Crippen LogP contribution in [0.4, 0.5) is 4.39 Å². The lowest BCUT2D eigenvalue weighted by atomic mass is 10.0. The summed E-state index contributed by atoms with van der Waals surface area (Å²) in [4.78, 5) is 36.7. The third kappa shape index (κ3) is 3.86. The number of hydrogen-bond acceptors (Lipinski definition) is 3. The van der Waals surface area contributed by atoms with E-state index in [0.717, 1.165) is 29.3 Å². The zero-order valence-electron chi connectivity index (χ0n) is 15.2. The van der Waals surface area contributed by atoms with Crippen molar-refractivity contribution in [3.05, 3.63) is 71.7 Å². The number of aromatic nitrogens is 1. The first-order chi connectivity index (χ1) is 13.5. The molecule has 142 valence electrons. The predicted octanol–water partition coefficient (Wildman–Crippen LogP) is 3.25. The van der Waals surface area contributed by atoms with Crippen LogP contribution in [0, 0.1) is 5.82 Å². The van der Waals surface area contributed by atoms with Gasteiger partial charge in [-0.2, -0.15) is 0 Å². The molecule has 1 N–H and O–H groups in total. The summed E-state index contributed by atoms with van der Waals surface area (Å²) in [6, 6.07) is 13.6. The molecule has 5 nitrogen and oxygen atoms in total. The lowest BCUT2D eigenvalue weighted by Crippen LogP contribution is -2.33. The number of nitrogens with zero attached hydrogens (tertiary/aromatic N) is 1. The summed E-state index contributed by atoms with van der Waals surface area (Å²) < 4.78 is 15.0. The number of carbonyl (C=O) groups excluding carboxylic acids is 3. The monoisotopic (exact) mass is 378 g/mol. The number of rotatable bonds is 7. The van der Waals surface area contributed by atoms with Crippen molar-refractivity contribution < 1.29 is 18.8 Å². The Kier molecular flexibility index (Phi) is 4.77. The van der Waals surface area contributed by atoms with E-state index in [4.69, 9.17) is 0 Å². The van der Waals surface area contributed by atoms with E-state index in [-0.39, 0.29) is 17.6 Å². The maximum atomic E-state index is 13.1. The standard InChI is InChI=1S/C22H19FN2O3/c23-15-7-5-14(6-8-15)12-25-13-18(17-3-1-2-4-19(17)25)20(26)11-21(27)22(28)24-16-9-10-16/h1-8,13,16H,9-12H2,(H,24,28).